The SMILES string of the molecule is S=C1C=CC2=CCC(=S)CC2=C1. The van der Waals surface area contributed by atoms with E-state index >= 15 is 0 Å². The minimum Gasteiger partial charge on any atom is -0.0890 e. The lowest BCUT2D eigenvalue weighted by atomic mass is 9.89. The van der Waals surface area contributed by atoms with Crippen LogP contribution in [0.15, 0.2) is 35.5 Å². The second kappa shape index (κ2) is 3.04. The second-order valence-electron chi connectivity index (χ2n) is 2.98. The van der Waals surface area contributed by atoms with E-state index in [1.807, 2.05) is 12.2 Å². The molecule has 0 fully saturated rings. The van der Waals surface area contributed by atoms with Crippen molar-refractivity contribution < 1.29 is 0 Å². The standard InChI is InChI=1S/C10H8S2/c11-9-3-1-7-2-4-10(12)6-8(7)5-9/h1-3,5H,4,6H2. The van der Waals surface area contributed by atoms with Gasteiger partial charge in [-0.2, -0.15) is 0 Å². The largest absolute Gasteiger partial charge is 0.0890 e. The lowest BCUT2D eigenvalue weighted by molar-refractivity contribution is 1.21. The van der Waals surface area contributed by atoms with Crippen LogP contribution in [0.3, 0.4) is 0 Å². The number of fused-ring (bicyclic) bond motifs is 1. The van der Waals surface area contributed by atoms with Crippen LogP contribution in [0.4, 0.5) is 0 Å². The van der Waals surface area contributed by atoms with Crippen LogP contribution in [0.2, 0.25) is 0 Å². The summed E-state index contributed by atoms with van der Waals surface area (Å²) >= 11 is 10.2. The molecular weight excluding hydrogens is 184 g/mol. The number of thiocarbonyl (C=S) groups is 2. The van der Waals surface area contributed by atoms with Gasteiger partial charge in [0, 0.05) is 16.1 Å². The van der Waals surface area contributed by atoms with Crippen molar-refractivity contribution >= 4 is 34.2 Å². The summed E-state index contributed by atoms with van der Waals surface area (Å²) in [5.74, 6) is 0. The quantitative estimate of drug-likeness (QED) is 0.541. The van der Waals surface area contributed by atoms with Crippen molar-refractivity contribution in [3.8, 4) is 0 Å². The van der Waals surface area contributed by atoms with E-state index < -0.39 is 0 Å². The fourth-order valence-electron chi connectivity index (χ4n) is 1.44. The molecular formula is C10H8S2. The Bertz CT molecular complexity index is 343. The molecule has 0 amide bonds. The first-order valence-corrected chi connectivity index (χ1v) is 4.72. The molecule has 0 saturated heterocycles. The fourth-order valence-corrected chi connectivity index (χ4v) is 1.89. The Hall–Kier alpha value is -0.600. The highest BCUT2D eigenvalue weighted by Gasteiger charge is 2.13. The van der Waals surface area contributed by atoms with Crippen LogP contribution in [0.25, 0.3) is 0 Å². The Labute approximate surface area is 82.7 Å². The van der Waals surface area contributed by atoms with Crippen molar-refractivity contribution in [2.24, 2.45) is 0 Å². The predicted molar refractivity (Wildman–Crippen MR) is 59.7 cm³/mol. The summed E-state index contributed by atoms with van der Waals surface area (Å²) in [4.78, 5) is 2.02. The Morgan fingerprint density at radius 3 is 2.83 bits per heavy atom. The normalized spacial score (nSPS) is 21.7. The van der Waals surface area contributed by atoms with Gasteiger partial charge in [-0.15, -0.1) is 0 Å². The van der Waals surface area contributed by atoms with E-state index in [1.54, 1.807) is 0 Å². The molecule has 0 spiro atoms. The van der Waals surface area contributed by atoms with E-state index in [0.717, 1.165) is 22.6 Å². The summed E-state index contributed by atoms with van der Waals surface area (Å²) < 4.78 is 0. The van der Waals surface area contributed by atoms with Gasteiger partial charge in [-0.3, -0.25) is 0 Å². The van der Waals surface area contributed by atoms with E-state index in [4.69, 9.17) is 24.4 Å². The molecule has 0 unspecified atom stereocenters. The third-order valence-electron chi connectivity index (χ3n) is 2.05. The summed E-state index contributed by atoms with van der Waals surface area (Å²) in [6, 6.07) is 0. The molecule has 2 aliphatic carbocycles. The van der Waals surface area contributed by atoms with E-state index in [2.05, 4.69) is 12.2 Å². The first-order chi connectivity index (χ1) is 5.75. The Morgan fingerprint density at radius 2 is 2.00 bits per heavy atom. The van der Waals surface area contributed by atoms with Gasteiger partial charge in [0.05, 0.1) is 0 Å². The number of allylic oxidation sites excluding steroid dienone is 6. The van der Waals surface area contributed by atoms with Gasteiger partial charge in [0.1, 0.15) is 0 Å². The number of hydrogen-bond acceptors (Lipinski definition) is 2. The summed E-state index contributed by atoms with van der Waals surface area (Å²) in [7, 11) is 0. The van der Waals surface area contributed by atoms with Crippen molar-refractivity contribution in [2.75, 3.05) is 0 Å². The van der Waals surface area contributed by atoms with E-state index in [1.165, 1.54) is 11.1 Å². The minimum atomic E-state index is 0.909. The third-order valence-corrected chi connectivity index (χ3v) is 2.62. The van der Waals surface area contributed by atoms with Crippen molar-refractivity contribution in [3.05, 3.63) is 35.5 Å². The molecule has 0 nitrogen and oxygen atoms in total. The van der Waals surface area contributed by atoms with Crippen molar-refractivity contribution in [3.63, 3.8) is 0 Å². The maximum atomic E-state index is 5.16. The zero-order chi connectivity index (χ0) is 8.55. The lowest BCUT2D eigenvalue weighted by Crippen LogP contribution is -2.08. The highest BCUT2D eigenvalue weighted by Crippen LogP contribution is 2.26. The predicted octanol–water partition coefficient (Wildman–Crippen LogP) is 2.94. The van der Waals surface area contributed by atoms with Gasteiger partial charge >= 0.3 is 0 Å². The Kier molecular flexibility index (Phi) is 2.03. The maximum absolute atomic E-state index is 5.16. The third kappa shape index (κ3) is 1.45. The average Bonchev–Trinajstić information content (AvgIpc) is 2.03. The summed E-state index contributed by atoms with van der Waals surface area (Å²) in [5, 5.41) is 0. The first-order valence-electron chi connectivity index (χ1n) is 3.90. The molecule has 0 aromatic carbocycles. The summed E-state index contributed by atoms with van der Waals surface area (Å²) in [5.41, 5.74) is 2.59. The minimum absolute atomic E-state index is 0.909. The molecule has 2 heteroatoms. The molecule has 2 aliphatic rings. The topological polar surface area (TPSA) is 0 Å². The van der Waals surface area contributed by atoms with Gasteiger partial charge < -0.3 is 0 Å². The average molecular weight is 192 g/mol. The van der Waals surface area contributed by atoms with Gasteiger partial charge in [0.15, 0.2) is 0 Å². The van der Waals surface area contributed by atoms with Gasteiger partial charge in [0.2, 0.25) is 0 Å². The smallest absolute Gasteiger partial charge is 0.0380 e. The molecule has 0 aromatic heterocycles. The van der Waals surface area contributed by atoms with Crippen LogP contribution >= 0.6 is 24.4 Å². The highest BCUT2D eigenvalue weighted by atomic mass is 32.1. The van der Waals surface area contributed by atoms with Crippen molar-refractivity contribution in [1.82, 2.24) is 0 Å². The van der Waals surface area contributed by atoms with Crippen LogP contribution in [-0.4, -0.2) is 9.73 Å². The van der Waals surface area contributed by atoms with Crippen LogP contribution in [0.1, 0.15) is 12.8 Å². The zero-order valence-corrected chi connectivity index (χ0v) is 8.17. The highest BCUT2D eigenvalue weighted by molar-refractivity contribution is 7.81. The van der Waals surface area contributed by atoms with Gasteiger partial charge in [0.25, 0.3) is 0 Å². The summed E-state index contributed by atoms with van der Waals surface area (Å²) in [6.45, 7) is 0. The molecule has 0 saturated carbocycles. The van der Waals surface area contributed by atoms with Gasteiger partial charge in [-0.05, 0) is 29.7 Å². The number of rotatable bonds is 0. The fraction of sp³-hybridized carbons (Fsp3) is 0.200. The van der Waals surface area contributed by atoms with E-state index in [9.17, 15) is 0 Å². The zero-order valence-electron chi connectivity index (χ0n) is 6.54. The van der Waals surface area contributed by atoms with Crippen LogP contribution in [0, 0.1) is 0 Å². The molecule has 2 rings (SSSR count). The molecule has 60 valence electrons. The Morgan fingerprint density at radius 1 is 1.17 bits per heavy atom. The molecule has 0 aliphatic heterocycles. The van der Waals surface area contributed by atoms with Crippen LogP contribution in [0.5, 0.6) is 0 Å². The molecule has 0 heterocycles. The van der Waals surface area contributed by atoms with Gasteiger partial charge in [-0.25, -0.2) is 0 Å². The Balaban J connectivity index is 2.41. The van der Waals surface area contributed by atoms with Crippen molar-refractivity contribution in [1.29, 1.82) is 0 Å². The van der Waals surface area contributed by atoms with Crippen molar-refractivity contribution in [2.45, 2.75) is 12.8 Å². The monoisotopic (exact) mass is 192 g/mol. The molecule has 0 atom stereocenters. The molecule has 12 heavy (non-hydrogen) atoms. The van der Waals surface area contributed by atoms with E-state index in [0.29, 0.717) is 0 Å². The molecule has 0 radical (unpaired) electrons. The van der Waals surface area contributed by atoms with E-state index in [-0.39, 0.29) is 0 Å². The van der Waals surface area contributed by atoms with Crippen LogP contribution < -0.4 is 0 Å². The maximum Gasteiger partial charge on any atom is 0.0380 e. The second-order valence-corrected chi connectivity index (χ2v) is 4.03. The van der Waals surface area contributed by atoms with Gasteiger partial charge in [-0.1, -0.05) is 36.6 Å². The first kappa shape index (κ1) is 8.02. The number of hydrogen-bond donors (Lipinski definition) is 0. The molecule has 0 aromatic rings. The molecule has 0 N–H and O–H groups in total. The molecule has 0 bridgehead atoms. The summed E-state index contributed by atoms with van der Waals surface area (Å²) in [6.07, 6.45) is 10.1. The lowest BCUT2D eigenvalue weighted by Gasteiger charge is -2.17. The van der Waals surface area contributed by atoms with Crippen LogP contribution in [-0.2, 0) is 0 Å².